The molecule has 0 amide bonds. The highest BCUT2D eigenvalue weighted by Gasteiger charge is 2.37. The summed E-state index contributed by atoms with van der Waals surface area (Å²) in [5.74, 6) is 1.66. The molecule has 1 aliphatic heterocycles. The smallest absolute Gasteiger partial charge is 0.0143 e. The Morgan fingerprint density at radius 2 is 2.00 bits per heavy atom. The molecule has 98 valence electrons. The van der Waals surface area contributed by atoms with Crippen molar-refractivity contribution in [3.8, 4) is 0 Å². The lowest BCUT2D eigenvalue weighted by Crippen LogP contribution is -2.26. The highest BCUT2D eigenvalue weighted by Crippen LogP contribution is 2.40. The summed E-state index contributed by atoms with van der Waals surface area (Å²) < 4.78 is 0. The third-order valence-electron chi connectivity index (χ3n) is 4.38. The van der Waals surface area contributed by atoms with E-state index in [1.54, 1.807) is 0 Å². The van der Waals surface area contributed by atoms with Crippen LogP contribution in [0.15, 0.2) is 30.3 Å². The van der Waals surface area contributed by atoms with Gasteiger partial charge in [-0.2, -0.15) is 0 Å². The van der Waals surface area contributed by atoms with Crippen molar-refractivity contribution in [3.63, 3.8) is 0 Å². The van der Waals surface area contributed by atoms with Gasteiger partial charge in [0.15, 0.2) is 0 Å². The number of rotatable bonds is 4. The monoisotopic (exact) mass is 244 g/mol. The molecule has 1 aromatic carbocycles. The van der Waals surface area contributed by atoms with Crippen molar-refractivity contribution in [2.24, 2.45) is 5.92 Å². The molecule has 2 nitrogen and oxygen atoms in total. The lowest BCUT2D eigenvalue weighted by molar-refractivity contribution is 0.431. The summed E-state index contributed by atoms with van der Waals surface area (Å²) in [6, 6.07) is 11.7. The molecule has 2 aliphatic rings. The van der Waals surface area contributed by atoms with E-state index in [9.17, 15) is 0 Å². The first-order chi connectivity index (χ1) is 8.93. The van der Waals surface area contributed by atoms with Gasteiger partial charge in [0.2, 0.25) is 0 Å². The fourth-order valence-electron chi connectivity index (χ4n) is 3.10. The minimum atomic E-state index is 0.739. The largest absolute Gasteiger partial charge is 0.317 e. The average molecular weight is 244 g/mol. The number of hydrogen-bond donors (Lipinski definition) is 2. The van der Waals surface area contributed by atoms with E-state index in [4.69, 9.17) is 0 Å². The zero-order valence-electron chi connectivity index (χ0n) is 11.1. The first kappa shape index (κ1) is 12.2. The molecule has 1 heterocycles. The van der Waals surface area contributed by atoms with Crippen LogP contribution in [0.3, 0.4) is 0 Å². The van der Waals surface area contributed by atoms with Crippen molar-refractivity contribution in [2.75, 3.05) is 19.6 Å². The van der Waals surface area contributed by atoms with Crippen LogP contribution in [0.25, 0.3) is 0 Å². The van der Waals surface area contributed by atoms with Crippen molar-refractivity contribution in [2.45, 2.75) is 37.6 Å². The summed E-state index contributed by atoms with van der Waals surface area (Å²) >= 11 is 0. The number of nitrogens with one attached hydrogen (secondary N) is 2. The Bertz CT molecular complexity index is 355. The first-order valence-electron chi connectivity index (χ1n) is 7.42. The van der Waals surface area contributed by atoms with Gasteiger partial charge < -0.3 is 10.6 Å². The first-order valence-corrected chi connectivity index (χ1v) is 7.42. The molecule has 0 radical (unpaired) electrons. The molecule has 3 atom stereocenters. The minimum Gasteiger partial charge on any atom is -0.317 e. The molecule has 3 rings (SSSR count). The lowest BCUT2D eigenvalue weighted by atomic mass is 10.0. The van der Waals surface area contributed by atoms with Crippen molar-refractivity contribution >= 4 is 0 Å². The van der Waals surface area contributed by atoms with Gasteiger partial charge in [0.05, 0.1) is 0 Å². The van der Waals surface area contributed by atoms with Gasteiger partial charge in [-0.15, -0.1) is 0 Å². The summed E-state index contributed by atoms with van der Waals surface area (Å²) in [7, 11) is 0. The minimum absolute atomic E-state index is 0.739. The summed E-state index contributed by atoms with van der Waals surface area (Å²) in [6.07, 6.45) is 5.41. The molecule has 18 heavy (non-hydrogen) atoms. The highest BCUT2D eigenvalue weighted by molar-refractivity contribution is 5.27. The van der Waals surface area contributed by atoms with E-state index in [2.05, 4.69) is 41.0 Å². The van der Waals surface area contributed by atoms with Crippen LogP contribution >= 0.6 is 0 Å². The van der Waals surface area contributed by atoms with Crippen LogP contribution in [0.4, 0.5) is 0 Å². The van der Waals surface area contributed by atoms with Gasteiger partial charge in [-0.3, -0.25) is 0 Å². The van der Waals surface area contributed by atoms with Crippen LogP contribution in [0, 0.1) is 5.92 Å². The molecular formula is C16H24N2. The van der Waals surface area contributed by atoms with E-state index in [1.165, 1.54) is 50.9 Å². The molecule has 1 aliphatic carbocycles. The number of hydrogen-bond acceptors (Lipinski definition) is 2. The summed E-state index contributed by atoms with van der Waals surface area (Å²) in [5.41, 5.74) is 1.51. The molecule has 1 aromatic rings. The van der Waals surface area contributed by atoms with Gasteiger partial charge in [-0.05, 0) is 56.8 Å². The van der Waals surface area contributed by atoms with Crippen molar-refractivity contribution < 1.29 is 0 Å². The van der Waals surface area contributed by atoms with Crippen molar-refractivity contribution in [3.05, 3.63) is 35.9 Å². The maximum Gasteiger partial charge on any atom is 0.0143 e. The van der Waals surface area contributed by atoms with Gasteiger partial charge in [-0.1, -0.05) is 30.3 Å². The Hall–Kier alpha value is -0.860. The standard InChI is InChI=1S/C16H24N2/c1-2-6-14(7-3-1)15-11-16(15)18-12-13-5-4-9-17-10-8-13/h1-3,6-7,13,15-18H,4-5,8-12H2/t13?,15-,16?/m1/s1. The van der Waals surface area contributed by atoms with Crippen LogP contribution in [0.5, 0.6) is 0 Å². The summed E-state index contributed by atoms with van der Waals surface area (Å²) in [4.78, 5) is 0. The molecule has 0 spiro atoms. The Morgan fingerprint density at radius 1 is 1.11 bits per heavy atom. The van der Waals surface area contributed by atoms with Crippen molar-refractivity contribution in [1.29, 1.82) is 0 Å². The molecule has 2 unspecified atom stereocenters. The Labute approximate surface area is 110 Å². The van der Waals surface area contributed by atoms with Crippen molar-refractivity contribution in [1.82, 2.24) is 10.6 Å². The van der Waals surface area contributed by atoms with Gasteiger partial charge in [0.25, 0.3) is 0 Å². The zero-order chi connectivity index (χ0) is 12.2. The summed E-state index contributed by atoms with van der Waals surface area (Å²) in [6.45, 7) is 3.64. The quantitative estimate of drug-likeness (QED) is 0.850. The second-order valence-corrected chi connectivity index (χ2v) is 5.81. The fourth-order valence-corrected chi connectivity index (χ4v) is 3.10. The summed E-state index contributed by atoms with van der Waals surface area (Å²) in [5, 5.41) is 7.26. The molecule has 0 aromatic heterocycles. The predicted molar refractivity (Wildman–Crippen MR) is 75.8 cm³/mol. The maximum atomic E-state index is 3.77. The molecule has 2 fully saturated rings. The lowest BCUT2D eigenvalue weighted by Gasteiger charge is -2.14. The third kappa shape index (κ3) is 3.12. The molecular weight excluding hydrogens is 220 g/mol. The van der Waals surface area contributed by atoms with Crippen LogP contribution in [-0.4, -0.2) is 25.7 Å². The maximum absolute atomic E-state index is 3.77. The van der Waals surface area contributed by atoms with Gasteiger partial charge in [0, 0.05) is 12.0 Å². The van der Waals surface area contributed by atoms with E-state index in [0.717, 1.165) is 17.9 Å². The molecule has 2 heteroatoms. The van der Waals surface area contributed by atoms with E-state index in [0.29, 0.717) is 0 Å². The molecule has 0 bridgehead atoms. The van der Waals surface area contributed by atoms with Crippen LogP contribution in [-0.2, 0) is 0 Å². The third-order valence-corrected chi connectivity index (χ3v) is 4.38. The molecule has 1 saturated carbocycles. The average Bonchev–Trinajstić information content (AvgIpc) is 3.22. The van der Waals surface area contributed by atoms with Crippen LogP contribution in [0.1, 0.15) is 37.2 Å². The molecule has 1 saturated heterocycles. The normalized spacial score (nSPS) is 31.9. The predicted octanol–water partition coefficient (Wildman–Crippen LogP) is 2.52. The molecule has 2 N–H and O–H groups in total. The van der Waals surface area contributed by atoms with E-state index in [-0.39, 0.29) is 0 Å². The Morgan fingerprint density at radius 3 is 2.89 bits per heavy atom. The van der Waals surface area contributed by atoms with Gasteiger partial charge in [0.1, 0.15) is 0 Å². The van der Waals surface area contributed by atoms with Crippen LogP contribution < -0.4 is 10.6 Å². The van der Waals surface area contributed by atoms with Gasteiger partial charge >= 0.3 is 0 Å². The van der Waals surface area contributed by atoms with E-state index < -0.39 is 0 Å². The topological polar surface area (TPSA) is 24.1 Å². The SMILES string of the molecule is c1ccc([C@H]2CC2NCC2CCCNCC2)cc1. The fraction of sp³-hybridized carbons (Fsp3) is 0.625. The second-order valence-electron chi connectivity index (χ2n) is 5.81. The van der Waals surface area contributed by atoms with E-state index >= 15 is 0 Å². The van der Waals surface area contributed by atoms with E-state index in [1.807, 2.05) is 0 Å². The number of benzene rings is 1. The highest BCUT2D eigenvalue weighted by atomic mass is 15.0. The van der Waals surface area contributed by atoms with Gasteiger partial charge in [-0.25, -0.2) is 0 Å². The Balaban J connectivity index is 1.43. The zero-order valence-corrected chi connectivity index (χ0v) is 11.1. The van der Waals surface area contributed by atoms with Crippen LogP contribution in [0.2, 0.25) is 0 Å². The second kappa shape index (κ2) is 5.85. The Kier molecular flexibility index (Phi) is 3.96.